The Bertz CT molecular complexity index is 1130. The molecule has 0 bridgehead atoms. The van der Waals surface area contributed by atoms with Gasteiger partial charge in [-0.2, -0.15) is 5.26 Å². The van der Waals surface area contributed by atoms with Crippen molar-refractivity contribution in [2.75, 3.05) is 7.11 Å². The number of hydrogen-bond acceptors (Lipinski definition) is 5. The molecule has 0 aliphatic heterocycles. The second-order valence-corrected chi connectivity index (χ2v) is 10.4. The van der Waals surface area contributed by atoms with Gasteiger partial charge in [-0.3, -0.25) is 14.4 Å². The van der Waals surface area contributed by atoms with Crippen molar-refractivity contribution in [3.63, 3.8) is 0 Å². The van der Waals surface area contributed by atoms with E-state index in [1.165, 1.54) is 7.11 Å². The van der Waals surface area contributed by atoms with Gasteiger partial charge >= 0.3 is 0 Å². The van der Waals surface area contributed by atoms with E-state index in [-0.39, 0.29) is 29.2 Å². The van der Waals surface area contributed by atoms with E-state index in [4.69, 9.17) is 16.3 Å². The molecule has 3 atom stereocenters. The van der Waals surface area contributed by atoms with Gasteiger partial charge in [0.15, 0.2) is 0 Å². The number of hydrogen-bond donors (Lipinski definition) is 3. The van der Waals surface area contributed by atoms with Gasteiger partial charge in [-0.1, -0.05) is 32.4 Å². The van der Waals surface area contributed by atoms with Crippen LogP contribution in [0.4, 0.5) is 0 Å². The highest BCUT2D eigenvalue weighted by atomic mass is 35.5. The number of carbonyl (C=O) groups is 3. The van der Waals surface area contributed by atoms with Gasteiger partial charge < -0.3 is 20.4 Å². The minimum Gasteiger partial charge on any atom is -0.496 e. The van der Waals surface area contributed by atoms with Gasteiger partial charge in [0.05, 0.1) is 23.7 Å². The number of Topliss-reactive ketones (excluding diaryl/α,β-unsaturated/α-hetero) is 1. The molecule has 9 heteroatoms. The van der Waals surface area contributed by atoms with Crippen molar-refractivity contribution in [3.8, 4) is 11.8 Å². The summed E-state index contributed by atoms with van der Waals surface area (Å²) in [5.74, 6) is -0.421. The molecule has 0 saturated heterocycles. The molecule has 1 saturated carbocycles. The number of amides is 2. The van der Waals surface area contributed by atoms with Gasteiger partial charge in [-0.25, -0.2) is 0 Å². The van der Waals surface area contributed by atoms with Crippen LogP contribution in [0.1, 0.15) is 63.4 Å². The Kier molecular flexibility index (Phi) is 7.88. The van der Waals surface area contributed by atoms with E-state index in [2.05, 4.69) is 21.7 Å². The Labute approximate surface area is 204 Å². The maximum absolute atomic E-state index is 13.1. The number of nitrogens with zero attached hydrogens (tertiary/aromatic N) is 1. The third-order valence-electron chi connectivity index (χ3n) is 6.03. The van der Waals surface area contributed by atoms with Gasteiger partial charge in [0.1, 0.15) is 29.3 Å². The summed E-state index contributed by atoms with van der Waals surface area (Å²) in [5.41, 5.74) is 0.529. The molecular weight excluding hydrogens is 456 g/mol. The fraction of sp³-hybridized carbons (Fsp3) is 0.520. The molecule has 1 aromatic heterocycles. The lowest BCUT2D eigenvalue weighted by atomic mass is 9.87. The number of ether oxygens (including phenoxy) is 1. The van der Waals surface area contributed by atoms with Crippen LogP contribution >= 0.6 is 11.6 Å². The lowest BCUT2D eigenvalue weighted by molar-refractivity contribution is -0.125. The Morgan fingerprint density at radius 2 is 2.06 bits per heavy atom. The van der Waals surface area contributed by atoms with E-state index in [0.29, 0.717) is 34.5 Å². The van der Waals surface area contributed by atoms with Crippen molar-refractivity contribution >= 4 is 40.1 Å². The zero-order chi connectivity index (χ0) is 25.0. The van der Waals surface area contributed by atoms with E-state index in [9.17, 15) is 19.6 Å². The summed E-state index contributed by atoms with van der Waals surface area (Å²) in [6, 6.07) is 5.44. The van der Waals surface area contributed by atoms with Gasteiger partial charge in [-0.15, -0.1) is 0 Å². The predicted octanol–water partition coefficient (Wildman–Crippen LogP) is 4.13. The number of carbonyl (C=O) groups excluding carboxylic acids is 3. The average molecular weight is 487 g/mol. The first-order valence-corrected chi connectivity index (χ1v) is 11.8. The molecule has 182 valence electrons. The highest BCUT2D eigenvalue weighted by Gasteiger charge is 2.32. The number of H-pyrrole nitrogens is 1. The normalized spacial score (nSPS) is 17.8. The summed E-state index contributed by atoms with van der Waals surface area (Å²) in [4.78, 5) is 41.2. The van der Waals surface area contributed by atoms with Crippen LogP contribution in [0.25, 0.3) is 10.9 Å². The van der Waals surface area contributed by atoms with Crippen LogP contribution in [0.15, 0.2) is 18.2 Å². The van der Waals surface area contributed by atoms with Crippen molar-refractivity contribution in [3.05, 3.63) is 28.9 Å². The number of aromatic amines is 1. The van der Waals surface area contributed by atoms with Crippen molar-refractivity contribution in [2.24, 2.45) is 11.3 Å². The van der Waals surface area contributed by atoms with Crippen LogP contribution in [-0.2, 0) is 9.59 Å². The lowest BCUT2D eigenvalue weighted by Crippen LogP contribution is -2.51. The van der Waals surface area contributed by atoms with Gasteiger partial charge in [0, 0.05) is 17.7 Å². The number of halogens is 1. The number of rotatable bonds is 8. The third kappa shape index (κ3) is 6.09. The van der Waals surface area contributed by atoms with Gasteiger partial charge in [0.25, 0.3) is 5.91 Å². The number of benzene rings is 1. The molecule has 3 rings (SSSR count). The average Bonchev–Trinajstić information content (AvgIpc) is 3.39. The molecule has 2 aromatic rings. The zero-order valence-corrected chi connectivity index (χ0v) is 20.7. The summed E-state index contributed by atoms with van der Waals surface area (Å²) in [6.07, 6.45) is 2.73. The van der Waals surface area contributed by atoms with E-state index in [0.717, 1.165) is 12.8 Å². The molecule has 1 aromatic carbocycles. The molecule has 1 heterocycles. The molecule has 34 heavy (non-hydrogen) atoms. The van der Waals surface area contributed by atoms with Gasteiger partial charge in [0.2, 0.25) is 5.91 Å². The first-order chi connectivity index (χ1) is 16.0. The van der Waals surface area contributed by atoms with Crippen LogP contribution in [0, 0.1) is 22.7 Å². The Morgan fingerprint density at radius 1 is 1.32 bits per heavy atom. The van der Waals surface area contributed by atoms with E-state index in [1.807, 2.05) is 20.8 Å². The largest absolute Gasteiger partial charge is 0.496 e. The molecule has 1 aliphatic carbocycles. The third-order valence-corrected chi connectivity index (χ3v) is 6.34. The van der Waals surface area contributed by atoms with Crippen LogP contribution in [0.5, 0.6) is 5.75 Å². The number of nitriles is 1. The number of fused-ring (bicyclic) bond motifs is 1. The summed E-state index contributed by atoms with van der Waals surface area (Å²) in [5, 5.41) is 16.2. The van der Waals surface area contributed by atoms with Crippen LogP contribution in [-0.4, -0.2) is 41.8 Å². The first kappa shape index (κ1) is 25.6. The minimum atomic E-state index is -0.869. The van der Waals surface area contributed by atoms with Crippen molar-refractivity contribution in [2.45, 2.75) is 65.0 Å². The summed E-state index contributed by atoms with van der Waals surface area (Å²) in [7, 11) is 1.53. The van der Waals surface area contributed by atoms with Crippen LogP contribution < -0.4 is 15.4 Å². The molecule has 0 spiro atoms. The number of ketones is 1. The Hall–Kier alpha value is -3.05. The summed E-state index contributed by atoms with van der Waals surface area (Å²) < 4.78 is 5.35. The highest BCUT2D eigenvalue weighted by molar-refractivity contribution is 6.35. The van der Waals surface area contributed by atoms with E-state index < -0.39 is 23.9 Å². The molecule has 1 aliphatic rings. The summed E-state index contributed by atoms with van der Waals surface area (Å²) in [6.45, 7) is 5.89. The van der Waals surface area contributed by atoms with Crippen molar-refractivity contribution in [1.29, 1.82) is 5.26 Å². The molecule has 0 radical (unpaired) electrons. The maximum atomic E-state index is 13.1. The summed E-state index contributed by atoms with van der Waals surface area (Å²) >= 11 is 6.26. The first-order valence-electron chi connectivity index (χ1n) is 11.4. The van der Waals surface area contributed by atoms with Crippen LogP contribution in [0.2, 0.25) is 5.02 Å². The second-order valence-electron chi connectivity index (χ2n) is 9.99. The molecular formula is C25H31ClN4O4. The second kappa shape index (κ2) is 10.5. The number of aromatic nitrogens is 1. The number of nitrogens with one attached hydrogen (secondary N) is 3. The topological polar surface area (TPSA) is 124 Å². The Balaban J connectivity index is 1.78. The SMILES string of the molecule is COc1ccc(Cl)c2[nH]c(C(=O)NC(CC(C)(C)C)C(=O)NC(C#N)CC3CCCC3=O)cc12. The lowest BCUT2D eigenvalue weighted by Gasteiger charge is -2.27. The maximum Gasteiger partial charge on any atom is 0.268 e. The predicted molar refractivity (Wildman–Crippen MR) is 130 cm³/mol. The molecule has 3 unspecified atom stereocenters. The van der Waals surface area contributed by atoms with Crippen LogP contribution in [0.3, 0.4) is 0 Å². The van der Waals surface area contributed by atoms with Crippen molar-refractivity contribution in [1.82, 2.24) is 15.6 Å². The molecule has 1 fully saturated rings. The molecule has 3 N–H and O–H groups in total. The van der Waals surface area contributed by atoms with E-state index >= 15 is 0 Å². The minimum absolute atomic E-state index is 0.141. The molecule has 8 nitrogen and oxygen atoms in total. The number of methoxy groups -OCH3 is 1. The quantitative estimate of drug-likeness (QED) is 0.517. The fourth-order valence-corrected chi connectivity index (χ4v) is 4.57. The highest BCUT2D eigenvalue weighted by Crippen LogP contribution is 2.32. The van der Waals surface area contributed by atoms with Crippen molar-refractivity contribution < 1.29 is 19.1 Å². The standard InChI is InChI=1S/C25H31ClN4O4/c1-25(2,3)12-19(24(33)28-15(13-27)10-14-6-5-7-20(14)31)30-23(32)18-11-16-21(34-4)9-8-17(26)22(16)29-18/h8-9,11,14-15,19,29H,5-7,10,12H2,1-4H3,(H,28,33)(H,30,32). The zero-order valence-electron chi connectivity index (χ0n) is 20.0. The van der Waals surface area contributed by atoms with E-state index in [1.54, 1.807) is 18.2 Å². The fourth-order valence-electron chi connectivity index (χ4n) is 4.36. The van der Waals surface area contributed by atoms with Gasteiger partial charge in [-0.05, 0) is 49.3 Å². The smallest absolute Gasteiger partial charge is 0.268 e. The monoisotopic (exact) mass is 486 g/mol. The Morgan fingerprint density at radius 3 is 2.65 bits per heavy atom. The molecule has 2 amide bonds.